The molecule has 27 heavy (non-hydrogen) atoms. The lowest BCUT2D eigenvalue weighted by molar-refractivity contribution is -0.140. The molecule has 2 aromatic rings. The third kappa shape index (κ3) is 3.97. The first-order valence-electron chi connectivity index (χ1n) is 9.02. The number of amides is 1. The molecule has 1 N–H and O–H groups in total. The molecule has 142 valence electrons. The lowest BCUT2D eigenvalue weighted by Crippen LogP contribution is -2.39. The van der Waals surface area contributed by atoms with Crippen molar-refractivity contribution in [3.05, 3.63) is 41.6 Å². The van der Waals surface area contributed by atoms with Gasteiger partial charge in [-0.2, -0.15) is 0 Å². The Hall–Kier alpha value is -2.83. The highest BCUT2D eigenvalue weighted by atomic mass is 16.4. The topological polar surface area (TPSA) is 96.3 Å². The molecule has 0 aliphatic carbocycles. The molecule has 1 saturated heterocycles. The Morgan fingerprint density at radius 3 is 2.59 bits per heavy atom. The summed E-state index contributed by atoms with van der Waals surface area (Å²) in [6.07, 6.45) is 4.62. The number of aromatic nitrogens is 3. The van der Waals surface area contributed by atoms with E-state index in [1.807, 2.05) is 32.6 Å². The summed E-state index contributed by atoms with van der Waals surface area (Å²) in [5.74, 6) is -0.347. The molecule has 1 amide bonds. The van der Waals surface area contributed by atoms with Gasteiger partial charge in [0.2, 0.25) is 5.91 Å². The molecule has 7 nitrogen and oxygen atoms in total. The van der Waals surface area contributed by atoms with E-state index in [0.717, 1.165) is 18.5 Å². The van der Waals surface area contributed by atoms with Gasteiger partial charge in [-0.1, -0.05) is 20.8 Å². The minimum Gasteiger partial charge on any atom is -0.478 e. The molecule has 1 aliphatic heterocycles. The Morgan fingerprint density at radius 2 is 1.93 bits per heavy atom. The first-order chi connectivity index (χ1) is 12.7. The number of likely N-dealkylation sites (tertiary alicyclic amines) is 1. The standard InChI is InChI=1S/C20H24N4O3/c1-12-8-15(13-9-14(18(25)26)11-21-10-13)23-17(22-12)16-6-5-7-24(16)19(27)20(2,3)4/h8-11,16H,5-7H2,1-4H3,(H,25,26)/t16-/m0/s1. The third-order valence-corrected chi connectivity index (χ3v) is 4.61. The molecular weight excluding hydrogens is 344 g/mol. The number of hydrogen-bond acceptors (Lipinski definition) is 5. The zero-order chi connectivity index (χ0) is 19.8. The van der Waals surface area contributed by atoms with Crippen LogP contribution in [0.15, 0.2) is 24.5 Å². The van der Waals surface area contributed by atoms with Gasteiger partial charge in [-0.15, -0.1) is 0 Å². The maximum atomic E-state index is 12.8. The van der Waals surface area contributed by atoms with Crippen molar-refractivity contribution in [2.24, 2.45) is 5.41 Å². The quantitative estimate of drug-likeness (QED) is 0.893. The maximum absolute atomic E-state index is 12.8. The Bertz CT molecular complexity index is 889. The zero-order valence-electron chi connectivity index (χ0n) is 16.1. The van der Waals surface area contributed by atoms with Gasteiger partial charge in [0.25, 0.3) is 0 Å². The first kappa shape index (κ1) is 18.9. The SMILES string of the molecule is Cc1cc(-c2cncc(C(=O)O)c2)nc([C@@H]2CCCN2C(=O)C(C)(C)C)n1. The zero-order valence-corrected chi connectivity index (χ0v) is 16.1. The highest BCUT2D eigenvalue weighted by Gasteiger charge is 2.37. The molecule has 3 rings (SSSR count). The first-order valence-corrected chi connectivity index (χ1v) is 9.02. The lowest BCUT2D eigenvalue weighted by Gasteiger charge is -2.30. The van der Waals surface area contributed by atoms with E-state index in [1.54, 1.807) is 18.3 Å². The van der Waals surface area contributed by atoms with E-state index in [4.69, 9.17) is 0 Å². The predicted molar refractivity (Wildman–Crippen MR) is 100 cm³/mol. The third-order valence-electron chi connectivity index (χ3n) is 4.61. The van der Waals surface area contributed by atoms with Gasteiger partial charge >= 0.3 is 5.97 Å². The van der Waals surface area contributed by atoms with E-state index in [0.29, 0.717) is 23.6 Å². The van der Waals surface area contributed by atoms with Crippen molar-refractivity contribution in [2.75, 3.05) is 6.54 Å². The smallest absolute Gasteiger partial charge is 0.337 e. The van der Waals surface area contributed by atoms with Crippen molar-refractivity contribution in [1.82, 2.24) is 19.9 Å². The van der Waals surface area contributed by atoms with Crippen molar-refractivity contribution in [2.45, 2.75) is 46.6 Å². The number of rotatable bonds is 3. The van der Waals surface area contributed by atoms with Gasteiger partial charge in [0.15, 0.2) is 5.82 Å². The van der Waals surface area contributed by atoms with Crippen LogP contribution in [0, 0.1) is 12.3 Å². The molecule has 0 spiro atoms. The lowest BCUT2D eigenvalue weighted by atomic mass is 9.94. The van der Waals surface area contributed by atoms with Crippen LogP contribution in [0.5, 0.6) is 0 Å². The molecule has 0 bridgehead atoms. The average molecular weight is 368 g/mol. The summed E-state index contributed by atoms with van der Waals surface area (Å²) in [5.41, 5.74) is 1.65. The largest absolute Gasteiger partial charge is 0.478 e. The Morgan fingerprint density at radius 1 is 1.19 bits per heavy atom. The van der Waals surface area contributed by atoms with Crippen molar-refractivity contribution in [1.29, 1.82) is 0 Å². The van der Waals surface area contributed by atoms with Crippen LogP contribution < -0.4 is 0 Å². The summed E-state index contributed by atoms with van der Waals surface area (Å²) in [6.45, 7) is 8.31. The number of aryl methyl sites for hydroxylation is 1. The molecule has 1 fully saturated rings. The molecule has 1 atom stereocenters. The number of carbonyl (C=O) groups is 2. The Kier molecular flexibility index (Phi) is 4.95. The van der Waals surface area contributed by atoms with Gasteiger partial charge < -0.3 is 10.0 Å². The fourth-order valence-electron chi connectivity index (χ4n) is 3.29. The normalized spacial score (nSPS) is 17.2. The fraction of sp³-hybridized carbons (Fsp3) is 0.450. The highest BCUT2D eigenvalue weighted by Crippen LogP contribution is 2.34. The summed E-state index contributed by atoms with van der Waals surface area (Å²) in [6, 6.07) is 3.19. The maximum Gasteiger partial charge on any atom is 0.337 e. The van der Waals surface area contributed by atoms with Crippen LogP contribution in [0.3, 0.4) is 0 Å². The summed E-state index contributed by atoms with van der Waals surface area (Å²) >= 11 is 0. The number of pyridine rings is 1. The average Bonchev–Trinajstić information content (AvgIpc) is 3.09. The molecule has 0 saturated carbocycles. The van der Waals surface area contributed by atoms with Crippen LogP contribution in [0.2, 0.25) is 0 Å². The van der Waals surface area contributed by atoms with E-state index >= 15 is 0 Å². The second-order valence-electron chi connectivity index (χ2n) is 7.93. The van der Waals surface area contributed by atoms with Crippen LogP contribution in [-0.2, 0) is 4.79 Å². The van der Waals surface area contributed by atoms with E-state index < -0.39 is 11.4 Å². The molecule has 0 unspecified atom stereocenters. The number of hydrogen-bond donors (Lipinski definition) is 1. The summed E-state index contributed by atoms with van der Waals surface area (Å²) in [7, 11) is 0. The van der Waals surface area contributed by atoms with Gasteiger partial charge in [0.05, 0.1) is 17.3 Å². The Balaban J connectivity index is 2.00. The van der Waals surface area contributed by atoms with Gasteiger partial charge in [0, 0.05) is 35.6 Å². The number of nitrogens with zero attached hydrogens (tertiary/aromatic N) is 4. The van der Waals surface area contributed by atoms with E-state index in [-0.39, 0.29) is 17.5 Å². The molecule has 0 aromatic carbocycles. The monoisotopic (exact) mass is 368 g/mol. The van der Waals surface area contributed by atoms with Gasteiger partial charge in [-0.05, 0) is 31.9 Å². The van der Waals surface area contributed by atoms with Crippen molar-refractivity contribution >= 4 is 11.9 Å². The van der Waals surface area contributed by atoms with Crippen LogP contribution >= 0.6 is 0 Å². The fourth-order valence-corrected chi connectivity index (χ4v) is 3.29. The minimum absolute atomic E-state index is 0.0891. The summed E-state index contributed by atoms with van der Waals surface area (Å²) < 4.78 is 0. The predicted octanol–water partition coefficient (Wildman–Crippen LogP) is 3.25. The van der Waals surface area contributed by atoms with Crippen LogP contribution in [0.4, 0.5) is 0 Å². The molecule has 1 aliphatic rings. The molecular formula is C20H24N4O3. The van der Waals surface area contributed by atoms with Crippen molar-refractivity contribution in [3.8, 4) is 11.3 Å². The highest BCUT2D eigenvalue weighted by molar-refractivity contribution is 5.88. The van der Waals surface area contributed by atoms with Gasteiger partial charge in [0.1, 0.15) is 0 Å². The second kappa shape index (κ2) is 7.06. The Labute approximate surface area is 158 Å². The van der Waals surface area contributed by atoms with Gasteiger partial charge in [-0.25, -0.2) is 14.8 Å². The van der Waals surface area contributed by atoms with E-state index in [1.165, 1.54) is 6.20 Å². The van der Waals surface area contributed by atoms with Crippen LogP contribution in [-0.4, -0.2) is 43.4 Å². The van der Waals surface area contributed by atoms with Crippen molar-refractivity contribution in [3.63, 3.8) is 0 Å². The molecule has 3 heterocycles. The van der Waals surface area contributed by atoms with E-state index in [9.17, 15) is 14.7 Å². The number of aromatic carboxylic acids is 1. The van der Waals surface area contributed by atoms with E-state index in [2.05, 4.69) is 15.0 Å². The molecule has 2 aromatic heterocycles. The number of carboxylic acids is 1. The molecule has 0 radical (unpaired) electrons. The van der Waals surface area contributed by atoms with Crippen LogP contribution in [0.25, 0.3) is 11.3 Å². The summed E-state index contributed by atoms with van der Waals surface area (Å²) in [4.78, 5) is 39.1. The van der Waals surface area contributed by atoms with Crippen LogP contribution in [0.1, 0.15) is 61.5 Å². The van der Waals surface area contributed by atoms with Crippen molar-refractivity contribution < 1.29 is 14.7 Å². The minimum atomic E-state index is -1.03. The van der Waals surface area contributed by atoms with Gasteiger partial charge in [-0.3, -0.25) is 9.78 Å². The summed E-state index contributed by atoms with van der Waals surface area (Å²) in [5, 5.41) is 9.19. The molecule has 7 heteroatoms. The second-order valence-corrected chi connectivity index (χ2v) is 7.93. The number of carboxylic acid groups (broad SMARTS) is 1. The number of carbonyl (C=O) groups excluding carboxylic acids is 1.